The zero-order valence-electron chi connectivity index (χ0n) is 17.0. The van der Waals surface area contributed by atoms with E-state index in [9.17, 15) is 19.2 Å². The number of carbonyl (C=O) groups excluding carboxylic acids is 4. The number of ketones is 2. The third-order valence-corrected chi connectivity index (χ3v) is 5.53. The molecular formula is C20H34O6Si. The van der Waals surface area contributed by atoms with E-state index in [1.807, 2.05) is 0 Å². The highest BCUT2D eigenvalue weighted by molar-refractivity contribution is 6.76. The summed E-state index contributed by atoms with van der Waals surface area (Å²) in [5, 5.41) is 0. The van der Waals surface area contributed by atoms with Gasteiger partial charge in [-0.05, 0) is 18.9 Å². The van der Waals surface area contributed by atoms with Crippen LogP contribution in [0.3, 0.4) is 0 Å². The summed E-state index contributed by atoms with van der Waals surface area (Å²) in [5.41, 5.74) is 0. The van der Waals surface area contributed by atoms with Gasteiger partial charge in [-0.1, -0.05) is 45.1 Å². The lowest BCUT2D eigenvalue weighted by Crippen LogP contribution is -2.23. The third kappa shape index (κ3) is 17.4. The lowest BCUT2D eigenvalue weighted by Gasteiger charge is -2.15. The number of carbonyl (C=O) groups is 4. The monoisotopic (exact) mass is 398 g/mol. The lowest BCUT2D eigenvalue weighted by atomic mass is 10.1. The summed E-state index contributed by atoms with van der Waals surface area (Å²) in [5.74, 6) is -1.20. The molecule has 0 aromatic heterocycles. The second-order valence-electron chi connectivity index (χ2n) is 7.85. The van der Waals surface area contributed by atoms with Crippen molar-refractivity contribution < 1.29 is 28.7 Å². The molecule has 0 aliphatic carbocycles. The maximum absolute atomic E-state index is 11.8. The minimum atomic E-state index is -1.24. The summed E-state index contributed by atoms with van der Waals surface area (Å²) >= 11 is 0. The molecule has 0 rings (SSSR count). The first-order valence-electron chi connectivity index (χ1n) is 9.59. The highest BCUT2D eigenvalue weighted by Crippen LogP contribution is 2.10. The van der Waals surface area contributed by atoms with Gasteiger partial charge in [0.25, 0.3) is 0 Å². The van der Waals surface area contributed by atoms with Gasteiger partial charge in [-0.15, -0.1) is 0 Å². The van der Waals surface area contributed by atoms with Gasteiger partial charge in [-0.25, -0.2) is 0 Å². The van der Waals surface area contributed by atoms with Crippen molar-refractivity contribution >= 4 is 31.6 Å². The molecule has 154 valence electrons. The van der Waals surface area contributed by atoms with Crippen LogP contribution in [-0.4, -0.2) is 44.8 Å². The highest BCUT2D eigenvalue weighted by atomic mass is 28.3. The SMILES string of the molecule is C=CCOC(=O)CC(=O)CCCCCCC(=O)CC(=O)OCC[Si](C)(C)C. The Morgan fingerprint density at radius 2 is 1.30 bits per heavy atom. The third-order valence-electron chi connectivity index (χ3n) is 3.82. The van der Waals surface area contributed by atoms with Crippen LogP contribution in [0.2, 0.25) is 25.7 Å². The van der Waals surface area contributed by atoms with Crippen molar-refractivity contribution in [1.29, 1.82) is 0 Å². The summed E-state index contributed by atoms with van der Waals surface area (Å²) in [6, 6.07) is 0.900. The predicted molar refractivity (Wildman–Crippen MR) is 107 cm³/mol. The molecule has 0 aromatic carbocycles. The molecule has 0 N–H and O–H groups in total. The standard InChI is InChI=1S/C20H34O6Si/c1-5-12-25-19(23)15-17(21)10-8-6-7-9-11-18(22)16-20(24)26-13-14-27(2,3)4/h5H,1,6-16H2,2-4H3. The van der Waals surface area contributed by atoms with Crippen LogP contribution in [0, 0.1) is 0 Å². The first kappa shape index (κ1) is 25.2. The average Bonchev–Trinajstić information content (AvgIpc) is 2.54. The van der Waals surface area contributed by atoms with Crippen LogP contribution >= 0.6 is 0 Å². The maximum Gasteiger partial charge on any atom is 0.313 e. The first-order chi connectivity index (χ1) is 12.6. The molecule has 27 heavy (non-hydrogen) atoms. The van der Waals surface area contributed by atoms with Gasteiger partial charge in [0.2, 0.25) is 0 Å². The molecule has 0 unspecified atom stereocenters. The summed E-state index contributed by atoms with van der Waals surface area (Å²) in [6.07, 6.45) is 4.77. The Bertz CT molecular complexity index is 507. The average molecular weight is 399 g/mol. The Balaban J connectivity index is 3.65. The van der Waals surface area contributed by atoms with Crippen molar-refractivity contribution in [2.45, 2.75) is 77.1 Å². The molecule has 0 aliphatic heterocycles. The maximum atomic E-state index is 11.8. The van der Waals surface area contributed by atoms with Crippen molar-refractivity contribution in [3.05, 3.63) is 12.7 Å². The number of esters is 2. The molecule has 0 saturated carbocycles. The van der Waals surface area contributed by atoms with Gasteiger partial charge in [0.1, 0.15) is 31.0 Å². The number of rotatable bonds is 16. The van der Waals surface area contributed by atoms with Crippen LogP contribution in [0.5, 0.6) is 0 Å². The molecule has 7 heteroatoms. The number of Topliss-reactive ketones (excluding diaryl/α,β-unsaturated/α-hetero) is 2. The van der Waals surface area contributed by atoms with E-state index in [1.165, 1.54) is 6.08 Å². The van der Waals surface area contributed by atoms with Gasteiger partial charge in [0, 0.05) is 20.9 Å². The summed E-state index contributed by atoms with van der Waals surface area (Å²) < 4.78 is 9.86. The first-order valence-corrected chi connectivity index (χ1v) is 13.3. The normalized spacial score (nSPS) is 10.9. The molecule has 0 radical (unpaired) electrons. The fraction of sp³-hybridized carbons (Fsp3) is 0.700. The molecule has 0 saturated heterocycles. The minimum absolute atomic E-state index is 0.103. The van der Waals surface area contributed by atoms with E-state index in [0.717, 1.165) is 18.9 Å². The van der Waals surface area contributed by atoms with Crippen LogP contribution in [0.15, 0.2) is 12.7 Å². The molecular weight excluding hydrogens is 364 g/mol. The van der Waals surface area contributed by atoms with E-state index in [4.69, 9.17) is 9.47 Å². The van der Waals surface area contributed by atoms with Gasteiger partial charge < -0.3 is 9.47 Å². The zero-order valence-corrected chi connectivity index (χ0v) is 18.0. The van der Waals surface area contributed by atoms with E-state index < -0.39 is 20.0 Å². The predicted octanol–water partition coefficient (Wildman–Crippen LogP) is 3.86. The molecule has 0 fully saturated rings. The van der Waals surface area contributed by atoms with Gasteiger partial charge in [0.05, 0.1) is 6.61 Å². The number of hydrogen-bond donors (Lipinski definition) is 0. The van der Waals surface area contributed by atoms with Crippen LogP contribution in [0.1, 0.15) is 51.4 Å². The van der Waals surface area contributed by atoms with Gasteiger partial charge in [-0.3, -0.25) is 19.2 Å². The van der Waals surface area contributed by atoms with Gasteiger partial charge in [0.15, 0.2) is 0 Å². The molecule has 0 amide bonds. The van der Waals surface area contributed by atoms with E-state index in [2.05, 4.69) is 26.2 Å². The highest BCUT2D eigenvalue weighted by Gasteiger charge is 2.15. The van der Waals surface area contributed by atoms with Crippen molar-refractivity contribution in [2.24, 2.45) is 0 Å². The van der Waals surface area contributed by atoms with Crippen molar-refractivity contribution in [3.63, 3.8) is 0 Å². The Morgan fingerprint density at radius 1 is 0.815 bits per heavy atom. The van der Waals surface area contributed by atoms with Crippen molar-refractivity contribution in [1.82, 2.24) is 0 Å². The molecule has 0 bridgehead atoms. The molecule has 0 atom stereocenters. The van der Waals surface area contributed by atoms with Crippen LogP contribution in [-0.2, 0) is 28.7 Å². The van der Waals surface area contributed by atoms with Crippen LogP contribution in [0.4, 0.5) is 0 Å². The topological polar surface area (TPSA) is 86.7 Å². The van der Waals surface area contributed by atoms with E-state index >= 15 is 0 Å². The Kier molecular flexibility index (Phi) is 13.4. The summed E-state index contributed by atoms with van der Waals surface area (Å²) in [7, 11) is -1.24. The lowest BCUT2D eigenvalue weighted by molar-refractivity contribution is -0.146. The van der Waals surface area contributed by atoms with Gasteiger partial charge in [-0.2, -0.15) is 0 Å². The quantitative estimate of drug-likeness (QED) is 0.129. The molecule has 0 spiro atoms. The van der Waals surface area contributed by atoms with Crippen LogP contribution < -0.4 is 0 Å². The fourth-order valence-corrected chi connectivity index (χ4v) is 2.94. The van der Waals surface area contributed by atoms with Crippen LogP contribution in [0.25, 0.3) is 0 Å². The number of ether oxygens (including phenoxy) is 2. The Labute approximate surface area is 163 Å². The molecule has 0 heterocycles. The van der Waals surface area contributed by atoms with Crippen molar-refractivity contribution in [2.75, 3.05) is 13.2 Å². The van der Waals surface area contributed by atoms with E-state index in [1.54, 1.807) is 0 Å². The van der Waals surface area contributed by atoms with E-state index in [-0.39, 0.29) is 31.0 Å². The summed E-state index contributed by atoms with van der Waals surface area (Å²) in [6.45, 7) is 10.6. The number of unbranched alkanes of at least 4 members (excludes halogenated alkanes) is 3. The second-order valence-corrected chi connectivity index (χ2v) is 13.5. The van der Waals surface area contributed by atoms with Crippen molar-refractivity contribution in [3.8, 4) is 0 Å². The largest absolute Gasteiger partial charge is 0.466 e. The Hall–Kier alpha value is -1.76. The van der Waals surface area contributed by atoms with E-state index in [0.29, 0.717) is 32.3 Å². The fourth-order valence-electron chi connectivity index (χ4n) is 2.22. The molecule has 0 aromatic rings. The Morgan fingerprint density at radius 3 is 1.74 bits per heavy atom. The smallest absolute Gasteiger partial charge is 0.313 e. The number of hydrogen-bond acceptors (Lipinski definition) is 6. The van der Waals surface area contributed by atoms with Gasteiger partial charge >= 0.3 is 11.9 Å². The zero-order chi connectivity index (χ0) is 20.7. The summed E-state index contributed by atoms with van der Waals surface area (Å²) in [4.78, 5) is 46.2. The second kappa shape index (κ2) is 14.3. The minimum Gasteiger partial charge on any atom is -0.466 e. The molecule has 6 nitrogen and oxygen atoms in total. The molecule has 0 aliphatic rings.